The quantitative estimate of drug-likeness (QED) is 0.791. The Morgan fingerprint density at radius 1 is 1.32 bits per heavy atom. The Morgan fingerprint density at radius 3 is 2.58 bits per heavy atom. The first-order chi connectivity index (χ1) is 9.04. The maximum absolute atomic E-state index is 12.0. The second-order valence-electron chi connectivity index (χ2n) is 4.80. The highest BCUT2D eigenvalue weighted by Gasteiger charge is 2.20. The van der Waals surface area contributed by atoms with Crippen LogP contribution < -0.4 is 10.6 Å². The molecule has 1 rings (SSSR count). The first kappa shape index (κ1) is 15.3. The molecule has 5 heteroatoms. The summed E-state index contributed by atoms with van der Waals surface area (Å²) in [5, 5.41) is 5.53. The van der Waals surface area contributed by atoms with Crippen LogP contribution in [0.3, 0.4) is 0 Å². The lowest BCUT2D eigenvalue weighted by Gasteiger charge is -2.18. The Labute approximate surface area is 113 Å². The van der Waals surface area contributed by atoms with Crippen molar-refractivity contribution >= 4 is 11.8 Å². The molecule has 106 valence electrons. The zero-order valence-corrected chi connectivity index (χ0v) is 11.7. The van der Waals surface area contributed by atoms with E-state index in [0.717, 1.165) is 6.42 Å². The van der Waals surface area contributed by atoms with Crippen LogP contribution in [-0.4, -0.2) is 17.9 Å². The normalized spacial score (nSPS) is 12.2. The van der Waals surface area contributed by atoms with E-state index in [9.17, 15) is 9.59 Å². The largest absolute Gasteiger partial charge is 0.467 e. The maximum atomic E-state index is 12.0. The number of furan rings is 1. The molecule has 0 saturated heterocycles. The minimum Gasteiger partial charge on any atom is -0.467 e. The molecular weight excluding hydrogens is 244 g/mol. The van der Waals surface area contributed by atoms with Gasteiger partial charge < -0.3 is 15.1 Å². The van der Waals surface area contributed by atoms with E-state index in [2.05, 4.69) is 10.6 Å². The van der Waals surface area contributed by atoms with E-state index in [0.29, 0.717) is 18.7 Å². The molecule has 0 aliphatic carbocycles. The van der Waals surface area contributed by atoms with Gasteiger partial charge in [0, 0.05) is 5.92 Å². The second kappa shape index (κ2) is 7.61. The molecule has 0 aliphatic heterocycles. The van der Waals surface area contributed by atoms with E-state index in [1.165, 1.54) is 0 Å². The van der Waals surface area contributed by atoms with E-state index >= 15 is 0 Å². The van der Waals surface area contributed by atoms with Gasteiger partial charge in [0.1, 0.15) is 11.8 Å². The van der Waals surface area contributed by atoms with Crippen LogP contribution in [0, 0.1) is 5.92 Å². The number of hydrogen-bond acceptors (Lipinski definition) is 3. The van der Waals surface area contributed by atoms with Gasteiger partial charge in [0.05, 0.1) is 12.8 Å². The molecule has 1 aromatic rings. The zero-order valence-electron chi connectivity index (χ0n) is 11.7. The number of nitrogens with one attached hydrogen (secondary N) is 2. The van der Waals surface area contributed by atoms with Crippen LogP contribution in [0.15, 0.2) is 22.8 Å². The van der Waals surface area contributed by atoms with Gasteiger partial charge in [-0.25, -0.2) is 0 Å². The summed E-state index contributed by atoms with van der Waals surface area (Å²) >= 11 is 0. The standard InChI is InChI=1S/C14H22N2O3/c1-4-6-12(16-13(17)10(2)3)14(18)15-9-11-7-5-8-19-11/h5,7-8,10,12H,4,6,9H2,1-3H3,(H,15,18)(H,16,17). The fourth-order valence-electron chi connectivity index (χ4n) is 1.61. The van der Waals surface area contributed by atoms with Gasteiger partial charge in [0.25, 0.3) is 0 Å². The Hall–Kier alpha value is -1.78. The van der Waals surface area contributed by atoms with Crippen LogP contribution in [-0.2, 0) is 16.1 Å². The summed E-state index contributed by atoms with van der Waals surface area (Å²) in [7, 11) is 0. The molecule has 0 saturated carbocycles. The summed E-state index contributed by atoms with van der Waals surface area (Å²) in [6, 6.07) is 3.09. The summed E-state index contributed by atoms with van der Waals surface area (Å²) in [4.78, 5) is 23.7. The molecule has 2 N–H and O–H groups in total. The van der Waals surface area contributed by atoms with Gasteiger partial charge in [-0.2, -0.15) is 0 Å². The lowest BCUT2D eigenvalue weighted by Crippen LogP contribution is -2.47. The van der Waals surface area contributed by atoms with E-state index < -0.39 is 6.04 Å². The SMILES string of the molecule is CCCC(NC(=O)C(C)C)C(=O)NCc1ccco1. The molecule has 1 unspecified atom stereocenters. The van der Waals surface area contributed by atoms with Gasteiger partial charge in [-0.1, -0.05) is 27.2 Å². The number of rotatable bonds is 7. The van der Waals surface area contributed by atoms with Crippen LogP contribution in [0.25, 0.3) is 0 Å². The van der Waals surface area contributed by atoms with Crippen molar-refractivity contribution in [2.24, 2.45) is 5.92 Å². The van der Waals surface area contributed by atoms with Crippen molar-refractivity contribution in [1.82, 2.24) is 10.6 Å². The second-order valence-corrected chi connectivity index (χ2v) is 4.80. The van der Waals surface area contributed by atoms with Crippen LogP contribution in [0.2, 0.25) is 0 Å². The number of amides is 2. The van der Waals surface area contributed by atoms with Crippen LogP contribution >= 0.6 is 0 Å². The van der Waals surface area contributed by atoms with Crippen molar-refractivity contribution in [2.45, 2.75) is 46.2 Å². The number of carbonyl (C=O) groups excluding carboxylic acids is 2. The predicted molar refractivity (Wildman–Crippen MR) is 72.2 cm³/mol. The monoisotopic (exact) mass is 266 g/mol. The summed E-state index contributed by atoms with van der Waals surface area (Å²) < 4.78 is 5.14. The summed E-state index contributed by atoms with van der Waals surface area (Å²) in [6.45, 7) is 5.93. The molecule has 0 aliphatic rings. The lowest BCUT2D eigenvalue weighted by molar-refractivity contribution is -0.130. The van der Waals surface area contributed by atoms with Crippen molar-refractivity contribution in [1.29, 1.82) is 0 Å². The number of hydrogen-bond donors (Lipinski definition) is 2. The predicted octanol–water partition coefficient (Wildman–Crippen LogP) is 1.84. The summed E-state index contributed by atoms with van der Waals surface area (Å²) in [5.41, 5.74) is 0. The summed E-state index contributed by atoms with van der Waals surface area (Å²) in [6.07, 6.45) is 3.02. The first-order valence-electron chi connectivity index (χ1n) is 6.65. The van der Waals surface area contributed by atoms with E-state index in [-0.39, 0.29) is 17.7 Å². The molecule has 0 radical (unpaired) electrons. The smallest absolute Gasteiger partial charge is 0.242 e. The minimum absolute atomic E-state index is 0.105. The minimum atomic E-state index is -0.477. The molecule has 2 amide bonds. The maximum Gasteiger partial charge on any atom is 0.242 e. The van der Waals surface area contributed by atoms with Gasteiger partial charge in [-0.15, -0.1) is 0 Å². The van der Waals surface area contributed by atoms with E-state index in [1.807, 2.05) is 6.92 Å². The molecule has 0 fully saturated rings. The lowest BCUT2D eigenvalue weighted by atomic mass is 10.1. The fraction of sp³-hybridized carbons (Fsp3) is 0.571. The average molecular weight is 266 g/mol. The molecule has 1 aromatic heterocycles. The summed E-state index contributed by atoms with van der Waals surface area (Å²) in [5.74, 6) is 0.287. The molecule has 0 spiro atoms. The van der Waals surface area contributed by atoms with Gasteiger partial charge in [0.15, 0.2) is 0 Å². The van der Waals surface area contributed by atoms with Gasteiger partial charge >= 0.3 is 0 Å². The molecule has 5 nitrogen and oxygen atoms in total. The zero-order chi connectivity index (χ0) is 14.3. The number of carbonyl (C=O) groups is 2. The Kier molecular flexibility index (Phi) is 6.12. The van der Waals surface area contributed by atoms with Crippen molar-refractivity contribution < 1.29 is 14.0 Å². The van der Waals surface area contributed by atoms with Crippen LogP contribution in [0.4, 0.5) is 0 Å². The highest BCUT2D eigenvalue weighted by Crippen LogP contribution is 2.02. The Bertz CT molecular complexity index is 399. The highest BCUT2D eigenvalue weighted by molar-refractivity contribution is 5.88. The van der Waals surface area contributed by atoms with Crippen LogP contribution in [0.1, 0.15) is 39.4 Å². The van der Waals surface area contributed by atoms with Gasteiger partial charge in [-0.05, 0) is 18.6 Å². The van der Waals surface area contributed by atoms with Crippen molar-refractivity contribution in [3.05, 3.63) is 24.2 Å². The van der Waals surface area contributed by atoms with Crippen molar-refractivity contribution in [2.75, 3.05) is 0 Å². The fourth-order valence-corrected chi connectivity index (χ4v) is 1.61. The highest BCUT2D eigenvalue weighted by atomic mass is 16.3. The third-order valence-electron chi connectivity index (χ3n) is 2.75. The first-order valence-corrected chi connectivity index (χ1v) is 6.65. The average Bonchev–Trinajstić information content (AvgIpc) is 2.88. The molecule has 1 atom stereocenters. The Morgan fingerprint density at radius 2 is 2.05 bits per heavy atom. The Balaban J connectivity index is 2.49. The van der Waals surface area contributed by atoms with Crippen molar-refractivity contribution in [3.63, 3.8) is 0 Å². The van der Waals surface area contributed by atoms with Gasteiger partial charge in [0.2, 0.25) is 11.8 Å². The third kappa shape index (κ3) is 5.16. The molecule has 0 aromatic carbocycles. The topological polar surface area (TPSA) is 71.3 Å². The molecule has 19 heavy (non-hydrogen) atoms. The van der Waals surface area contributed by atoms with E-state index in [4.69, 9.17) is 4.42 Å². The van der Waals surface area contributed by atoms with Gasteiger partial charge in [-0.3, -0.25) is 9.59 Å². The van der Waals surface area contributed by atoms with Crippen LogP contribution in [0.5, 0.6) is 0 Å². The molecule has 0 bridgehead atoms. The van der Waals surface area contributed by atoms with E-state index in [1.54, 1.807) is 32.2 Å². The molecular formula is C14H22N2O3. The van der Waals surface area contributed by atoms with Crippen molar-refractivity contribution in [3.8, 4) is 0 Å². The third-order valence-corrected chi connectivity index (χ3v) is 2.75. The molecule has 1 heterocycles.